The van der Waals surface area contributed by atoms with Crippen LogP contribution in [0.3, 0.4) is 0 Å². The van der Waals surface area contributed by atoms with Crippen LogP contribution in [0.15, 0.2) is 45.8 Å². The van der Waals surface area contributed by atoms with Crippen LogP contribution in [0.1, 0.15) is 15.4 Å². The van der Waals surface area contributed by atoms with Crippen molar-refractivity contribution in [1.29, 1.82) is 0 Å². The third-order valence-electron chi connectivity index (χ3n) is 5.04. The van der Waals surface area contributed by atoms with Crippen molar-refractivity contribution in [1.82, 2.24) is 9.46 Å². The van der Waals surface area contributed by atoms with Crippen LogP contribution < -0.4 is 4.90 Å². The van der Waals surface area contributed by atoms with Crippen LogP contribution in [0.25, 0.3) is 11.3 Å². The maximum absolute atomic E-state index is 13.5. The van der Waals surface area contributed by atoms with E-state index in [-0.39, 0.29) is 0 Å². The van der Waals surface area contributed by atoms with Gasteiger partial charge in [0.05, 0.1) is 11.3 Å². The molecule has 0 aliphatic carbocycles. The summed E-state index contributed by atoms with van der Waals surface area (Å²) in [5.41, 5.74) is 2.51. The van der Waals surface area contributed by atoms with Gasteiger partial charge in [0.1, 0.15) is 4.90 Å². The number of nitrogens with zero attached hydrogens (tertiary/aromatic N) is 3. The highest BCUT2D eigenvalue weighted by Crippen LogP contribution is 2.40. The van der Waals surface area contributed by atoms with E-state index in [1.54, 1.807) is 10.4 Å². The van der Waals surface area contributed by atoms with Crippen LogP contribution in [0.4, 0.5) is 5.69 Å². The summed E-state index contributed by atoms with van der Waals surface area (Å²) in [7, 11) is -3.62. The van der Waals surface area contributed by atoms with Gasteiger partial charge in [0.2, 0.25) is 10.0 Å². The number of rotatable bonds is 4. The molecule has 8 heteroatoms. The third-order valence-corrected chi connectivity index (χ3v) is 8.26. The second-order valence-corrected chi connectivity index (χ2v) is 10.3. The number of hydrogen-bond donors (Lipinski definition) is 0. The number of sulfonamides is 1. The average molecular weight is 418 g/mol. The number of benzene rings is 1. The van der Waals surface area contributed by atoms with Crippen molar-refractivity contribution in [3.8, 4) is 11.3 Å². The molecule has 3 aromatic rings. The monoisotopic (exact) mass is 417 g/mol. The van der Waals surface area contributed by atoms with Crippen molar-refractivity contribution in [3.05, 3.63) is 51.8 Å². The average Bonchev–Trinajstić information content (AvgIpc) is 3.24. The van der Waals surface area contributed by atoms with Gasteiger partial charge in [0.25, 0.3) is 0 Å². The number of anilines is 1. The van der Waals surface area contributed by atoms with Gasteiger partial charge in [-0.25, -0.2) is 8.42 Å². The zero-order chi connectivity index (χ0) is 19.9. The molecule has 148 valence electrons. The summed E-state index contributed by atoms with van der Waals surface area (Å²) in [6.07, 6.45) is 0. The molecule has 6 nitrogen and oxygen atoms in total. The van der Waals surface area contributed by atoms with Crippen molar-refractivity contribution in [2.75, 3.05) is 31.1 Å². The maximum Gasteiger partial charge on any atom is 0.245 e. The molecule has 2 aromatic heterocycles. The predicted octanol–water partition coefficient (Wildman–Crippen LogP) is 3.84. The van der Waals surface area contributed by atoms with E-state index in [0.717, 1.165) is 21.1 Å². The van der Waals surface area contributed by atoms with Gasteiger partial charge in [-0.3, -0.25) is 0 Å². The van der Waals surface area contributed by atoms with Gasteiger partial charge in [0.15, 0.2) is 5.76 Å². The Bertz CT molecular complexity index is 1080. The zero-order valence-electron chi connectivity index (χ0n) is 16.2. The van der Waals surface area contributed by atoms with Crippen molar-refractivity contribution >= 4 is 27.0 Å². The normalized spacial score (nSPS) is 15.9. The fraction of sp³-hybridized carbons (Fsp3) is 0.350. The van der Waals surface area contributed by atoms with Crippen LogP contribution >= 0.6 is 11.3 Å². The van der Waals surface area contributed by atoms with Crippen molar-refractivity contribution < 1.29 is 12.9 Å². The van der Waals surface area contributed by atoms with E-state index >= 15 is 0 Å². The highest BCUT2D eigenvalue weighted by Gasteiger charge is 2.35. The lowest BCUT2D eigenvalue weighted by atomic mass is 10.2. The van der Waals surface area contributed by atoms with Gasteiger partial charge in [-0.05, 0) is 32.9 Å². The van der Waals surface area contributed by atoms with Crippen LogP contribution in [-0.4, -0.2) is 44.1 Å². The Balaban J connectivity index is 1.63. The Morgan fingerprint density at radius 3 is 2.29 bits per heavy atom. The molecule has 3 heterocycles. The van der Waals surface area contributed by atoms with E-state index in [0.29, 0.717) is 42.4 Å². The van der Waals surface area contributed by atoms with Crippen LogP contribution in [0, 0.1) is 20.8 Å². The van der Waals surface area contributed by atoms with E-state index in [4.69, 9.17) is 4.52 Å². The minimum Gasteiger partial charge on any atom is -0.369 e. The summed E-state index contributed by atoms with van der Waals surface area (Å²) in [6.45, 7) is 7.87. The lowest BCUT2D eigenvalue weighted by molar-refractivity contribution is 0.384. The number of aromatic nitrogens is 1. The molecule has 1 aromatic carbocycles. The van der Waals surface area contributed by atoms with Gasteiger partial charge in [0, 0.05) is 47.7 Å². The summed E-state index contributed by atoms with van der Waals surface area (Å²) < 4.78 is 34.0. The molecule has 0 saturated carbocycles. The first-order valence-electron chi connectivity index (χ1n) is 9.22. The number of aryl methyl sites for hydroxylation is 3. The molecule has 0 atom stereocenters. The molecule has 28 heavy (non-hydrogen) atoms. The Morgan fingerprint density at radius 2 is 1.68 bits per heavy atom. The molecule has 0 N–H and O–H groups in total. The van der Waals surface area contributed by atoms with Gasteiger partial charge in [-0.1, -0.05) is 23.4 Å². The van der Waals surface area contributed by atoms with Crippen molar-refractivity contribution in [2.24, 2.45) is 0 Å². The molecule has 1 saturated heterocycles. The maximum atomic E-state index is 13.5. The van der Waals surface area contributed by atoms with Gasteiger partial charge in [-0.15, -0.1) is 11.3 Å². The Hall–Kier alpha value is -2.16. The molecular formula is C20H23N3O3S2. The first-order valence-corrected chi connectivity index (χ1v) is 11.5. The quantitative estimate of drug-likeness (QED) is 0.645. The SMILES string of the molecule is Cc1cc(-c2c(C)sc(C)c2S(=O)(=O)N2CCN(c3ccccc3)CC2)on1. The molecule has 1 aliphatic heterocycles. The Morgan fingerprint density at radius 1 is 1.00 bits per heavy atom. The minimum atomic E-state index is -3.62. The predicted molar refractivity (Wildman–Crippen MR) is 111 cm³/mol. The zero-order valence-corrected chi connectivity index (χ0v) is 17.8. The number of piperazine rings is 1. The number of hydrogen-bond acceptors (Lipinski definition) is 6. The first kappa shape index (κ1) is 19.2. The molecule has 1 aliphatic rings. The summed E-state index contributed by atoms with van der Waals surface area (Å²) in [5, 5.41) is 3.94. The van der Waals surface area contributed by atoms with Crippen LogP contribution in [-0.2, 0) is 10.0 Å². The second-order valence-electron chi connectivity index (χ2n) is 6.98. The summed E-state index contributed by atoms with van der Waals surface area (Å²) in [4.78, 5) is 4.29. The molecule has 0 amide bonds. The number of para-hydroxylation sites is 1. The lowest BCUT2D eigenvalue weighted by Crippen LogP contribution is -2.48. The van der Waals surface area contributed by atoms with E-state index in [2.05, 4.69) is 22.2 Å². The molecule has 4 rings (SSSR count). The number of thiophene rings is 1. The second kappa shape index (κ2) is 7.35. The standard InChI is InChI=1S/C20H23N3O3S2/c1-14-13-18(26-21-14)19-15(2)27-16(3)20(19)28(24,25)23-11-9-22(10-12-23)17-7-5-4-6-8-17/h4-8,13H,9-12H2,1-3H3. The summed E-state index contributed by atoms with van der Waals surface area (Å²) >= 11 is 1.48. The van der Waals surface area contributed by atoms with Crippen LogP contribution in [0.5, 0.6) is 0 Å². The molecule has 0 bridgehead atoms. The highest BCUT2D eigenvalue weighted by atomic mass is 32.2. The van der Waals surface area contributed by atoms with Gasteiger partial charge >= 0.3 is 0 Å². The smallest absolute Gasteiger partial charge is 0.245 e. The molecule has 0 spiro atoms. The fourth-order valence-electron chi connectivity index (χ4n) is 3.69. The molecule has 1 fully saturated rings. The molecule has 0 radical (unpaired) electrons. The third kappa shape index (κ3) is 3.36. The highest BCUT2D eigenvalue weighted by molar-refractivity contribution is 7.89. The van der Waals surface area contributed by atoms with Gasteiger partial charge in [-0.2, -0.15) is 4.31 Å². The fourth-order valence-corrected chi connectivity index (χ4v) is 6.94. The Labute approximate surface area is 169 Å². The van der Waals surface area contributed by atoms with E-state index in [1.165, 1.54) is 11.3 Å². The van der Waals surface area contributed by atoms with E-state index in [9.17, 15) is 8.42 Å². The summed E-state index contributed by atoms with van der Waals surface area (Å²) in [5.74, 6) is 0.515. The van der Waals surface area contributed by atoms with E-state index < -0.39 is 10.0 Å². The molecular weight excluding hydrogens is 394 g/mol. The molecule has 0 unspecified atom stereocenters. The Kier molecular flexibility index (Phi) is 5.03. The summed E-state index contributed by atoms with van der Waals surface area (Å²) in [6, 6.07) is 11.9. The van der Waals surface area contributed by atoms with Crippen LogP contribution in [0.2, 0.25) is 0 Å². The largest absolute Gasteiger partial charge is 0.369 e. The minimum absolute atomic E-state index is 0.360. The topological polar surface area (TPSA) is 66.7 Å². The van der Waals surface area contributed by atoms with Crippen molar-refractivity contribution in [2.45, 2.75) is 25.7 Å². The van der Waals surface area contributed by atoms with E-state index in [1.807, 2.05) is 39.0 Å². The first-order chi connectivity index (χ1) is 13.4. The lowest BCUT2D eigenvalue weighted by Gasteiger charge is -2.35. The van der Waals surface area contributed by atoms with Gasteiger partial charge < -0.3 is 9.42 Å². The van der Waals surface area contributed by atoms with Crippen molar-refractivity contribution in [3.63, 3.8) is 0 Å².